The second-order valence-electron chi connectivity index (χ2n) is 10.3. The van der Waals surface area contributed by atoms with Crippen molar-refractivity contribution in [1.29, 1.82) is 0 Å². The molecule has 0 atom stereocenters. The summed E-state index contributed by atoms with van der Waals surface area (Å²) in [6.07, 6.45) is 7.55. The van der Waals surface area contributed by atoms with E-state index < -0.39 is 5.91 Å². The Balaban J connectivity index is 0.000000133. The van der Waals surface area contributed by atoms with Crippen molar-refractivity contribution in [2.45, 2.75) is 0 Å². The SMILES string of the molecule is NC(=O)c1cccc(C(=O)N2C3=CC=CC2=C3)c1.c1cc2cc(c1)-c1nc3cc(ccc3[nH]1)-c1ccc3[nH]c-2nc3c1. The first kappa shape index (κ1) is 23.8. The van der Waals surface area contributed by atoms with Gasteiger partial charge in [0.15, 0.2) is 0 Å². The number of carbonyl (C=O) groups excluding carboxylic acids is 2. The van der Waals surface area contributed by atoms with E-state index in [4.69, 9.17) is 15.7 Å². The number of H-pyrrole nitrogens is 2. The maximum absolute atomic E-state index is 12.3. The van der Waals surface area contributed by atoms with Crippen LogP contribution in [0.5, 0.6) is 0 Å². The number of aromatic nitrogens is 4. The van der Waals surface area contributed by atoms with Crippen LogP contribution in [0.25, 0.3) is 56.0 Å². The molecule has 0 saturated carbocycles. The lowest BCUT2D eigenvalue weighted by molar-refractivity contribution is 0.0837. The quantitative estimate of drug-likeness (QED) is 0.235. The number of carbonyl (C=O) groups is 2. The van der Waals surface area contributed by atoms with Crippen LogP contribution in [-0.4, -0.2) is 36.7 Å². The third-order valence-corrected chi connectivity index (χ3v) is 7.65. The lowest BCUT2D eigenvalue weighted by atomic mass is 10.0. The molecule has 4 aromatic carbocycles. The number of primary amides is 1. The molecule has 0 spiro atoms. The number of nitrogens with two attached hydrogens (primary N) is 1. The van der Waals surface area contributed by atoms with Crippen molar-refractivity contribution in [3.8, 4) is 33.9 Å². The predicted octanol–water partition coefficient (Wildman–Crippen LogP) is 6.33. The summed E-state index contributed by atoms with van der Waals surface area (Å²) in [7, 11) is 0. The second-order valence-corrected chi connectivity index (χ2v) is 10.3. The lowest BCUT2D eigenvalue weighted by Gasteiger charge is -2.34. The van der Waals surface area contributed by atoms with Gasteiger partial charge in [-0.3, -0.25) is 14.5 Å². The van der Waals surface area contributed by atoms with E-state index in [-0.39, 0.29) is 5.91 Å². The van der Waals surface area contributed by atoms with E-state index in [0.717, 1.165) is 67.4 Å². The van der Waals surface area contributed by atoms with Crippen LogP contribution in [0.1, 0.15) is 20.7 Å². The molecule has 10 bridgehead atoms. The number of nitrogens with one attached hydrogen (secondary N) is 2. The smallest absolute Gasteiger partial charge is 0.262 e. The largest absolute Gasteiger partial charge is 0.366 e. The highest BCUT2D eigenvalue weighted by Gasteiger charge is 2.30. The number of nitrogens with zero attached hydrogens (tertiary/aromatic N) is 3. The number of hydrogen-bond acceptors (Lipinski definition) is 4. The fraction of sp³-hybridized carbons (Fsp3) is 0. The zero-order valence-electron chi connectivity index (χ0n) is 22.1. The average molecular weight is 547 g/mol. The van der Waals surface area contributed by atoms with Crippen molar-refractivity contribution < 1.29 is 9.59 Å². The molecule has 0 radical (unpaired) electrons. The molecule has 0 unspecified atom stereocenters. The van der Waals surface area contributed by atoms with Gasteiger partial charge < -0.3 is 15.7 Å². The minimum Gasteiger partial charge on any atom is -0.366 e. The number of fused-ring (bicyclic) bond motifs is 11. The Morgan fingerprint density at radius 3 is 1.86 bits per heavy atom. The van der Waals surface area contributed by atoms with E-state index >= 15 is 0 Å². The van der Waals surface area contributed by atoms with Gasteiger partial charge in [0.2, 0.25) is 5.91 Å². The first-order chi connectivity index (χ1) is 20.5. The maximum atomic E-state index is 12.3. The Kier molecular flexibility index (Phi) is 5.11. The molecule has 9 rings (SSSR count). The van der Waals surface area contributed by atoms with E-state index in [1.54, 1.807) is 23.1 Å². The molecular weight excluding hydrogens is 524 g/mol. The van der Waals surface area contributed by atoms with Crippen LogP contribution in [0.4, 0.5) is 0 Å². The van der Waals surface area contributed by atoms with Gasteiger partial charge in [-0.25, -0.2) is 9.97 Å². The van der Waals surface area contributed by atoms with Gasteiger partial charge in [0.1, 0.15) is 11.6 Å². The third-order valence-electron chi connectivity index (χ3n) is 7.65. The molecule has 5 heterocycles. The Morgan fingerprint density at radius 2 is 1.29 bits per heavy atom. The molecule has 4 N–H and O–H groups in total. The Morgan fingerprint density at radius 1 is 0.667 bits per heavy atom. The summed E-state index contributed by atoms with van der Waals surface area (Å²) in [5.74, 6) is 1.08. The van der Waals surface area contributed by atoms with Crippen LogP contribution in [0.2, 0.25) is 0 Å². The van der Waals surface area contributed by atoms with Crippen LogP contribution in [-0.2, 0) is 0 Å². The van der Waals surface area contributed by atoms with Crippen LogP contribution in [0.15, 0.2) is 121 Å². The summed E-state index contributed by atoms with van der Waals surface area (Å²) < 4.78 is 0. The monoisotopic (exact) mass is 546 g/mol. The molecule has 8 heteroatoms. The van der Waals surface area contributed by atoms with Gasteiger partial charge >= 0.3 is 0 Å². The Bertz CT molecular complexity index is 2110. The van der Waals surface area contributed by atoms with Crippen molar-refractivity contribution in [1.82, 2.24) is 24.8 Å². The number of amides is 2. The van der Waals surface area contributed by atoms with Gasteiger partial charge in [0, 0.05) is 22.3 Å². The number of imidazole rings is 2. The van der Waals surface area contributed by atoms with Crippen molar-refractivity contribution >= 4 is 33.9 Å². The standard InChI is InChI=1S/C20H12N4.C14H10N2O2/c1-2-13-8-14(3-1)20-22-16-7-5-12(10-18(16)24-20)11-4-6-15-17(9-11)23-19(13)21-15;15-13(17)9-3-1-4-10(7-9)14(18)16-11-5-2-6-12(16)8-11/h1-10H,(H,21,23)(H,22,24);1-8H,(H2,15,17). The van der Waals surface area contributed by atoms with Gasteiger partial charge in [0.25, 0.3) is 5.91 Å². The van der Waals surface area contributed by atoms with Crippen molar-refractivity contribution in [2.75, 3.05) is 0 Å². The van der Waals surface area contributed by atoms with E-state index in [1.165, 1.54) is 6.07 Å². The van der Waals surface area contributed by atoms with Gasteiger partial charge in [-0.05, 0) is 77.9 Å². The highest BCUT2D eigenvalue weighted by atomic mass is 16.2. The molecular formula is C34H22N6O2. The summed E-state index contributed by atoms with van der Waals surface area (Å²) in [5, 5.41) is 0. The van der Waals surface area contributed by atoms with Crippen molar-refractivity contribution in [3.05, 3.63) is 132 Å². The molecule has 0 aliphatic carbocycles. The Hall–Kier alpha value is -6.02. The molecule has 42 heavy (non-hydrogen) atoms. The number of rotatable bonds is 2. The van der Waals surface area contributed by atoms with E-state index in [9.17, 15) is 9.59 Å². The zero-order chi connectivity index (χ0) is 28.4. The van der Waals surface area contributed by atoms with Crippen LogP contribution in [0, 0.1) is 0 Å². The van der Waals surface area contributed by atoms with Gasteiger partial charge in [-0.2, -0.15) is 0 Å². The van der Waals surface area contributed by atoms with E-state index in [2.05, 4.69) is 64.6 Å². The van der Waals surface area contributed by atoms with Gasteiger partial charge in [-0.1, -0.05) is 42.5 Å². The third kappa shape index (κ3) is 3.85. The molecule has 200 valence electrons. The van der Waals surface area contributed by atoms with Crippen LogP contribution >= 0.6 is 0 Å². The molecule has 3 aliphatic heterocycles. The number of allylic oxidation sites excluding steroid dienone is 4. The lowest BCUT2D eigenvalue weighted by Crippen LogP contribution is -2.36. The summed E-state index contributed by atoms with van der Waals surface area (Å²) >= 11 is 0. The molecule has 6 aromatic rings. The minimum atomic E-state index is -0.535. The fourth-order valence-corrected chi connectivity index (χ4v) is 5.48. The summed E-state index contributed by atoms with van der Waals surface area (Å²) in [5.41, 5.74) is 16.2. The average Bonchev–Trinajstić information content (AvgIpc) is 3.65. The summed E-state index contributed by atoms with van der Waals surface area (Å²) in [6, 6.07) is 27.4. The van der Waals surface area contributed by atoms with Gasteiger partial charge in [-0.15, -0.1) is 0 Å². The zero-order valence-corrected chi connectivity index (χ0v) is 22.1. The normalized spacial score (nSPS) is 13.7. The van der Waals surface area contributed by atoms with E-state index in [1.807, 2.05) is 30.4 Å². The molecule has 2 aromatic heterocycles. The van der Waals surface area contributed by atoms with Crippen molar-refractivity contribution in [3.63, 3.8) is 0 Å². The van der Waals surface area contributed by atoms with E-state index in [0.29, 0.717) is 11.1 Å². The maximum Gasteiger partial charge on any atom is 0.262 e. The highest BCUT2D eigenvalue weighted by molar-refractivity contribution is 6.02. The molecule has 0 saturated heterocycles. The number of hydrogen-bond donors (Lipinski definition) is 3. The summed E-state index contributed by atoms with van der Waals surface area (Å²) in [6.45, 7) is 0. The number of benzene rings is 4. The predicted molar refractivity (Wildman–Crippen MR) is 162 cm³/mol. The van der Waals surface area contributed by atoms with Gasteiger partial charge in [0.05, 0.1) is 33.5 Å². The van der Waals surface area contributed by atoms with Crippen LogP contribution in [0.3, 0.4) is 0 Å². The van der Waals surface area contributed by atoms with Crippen LogP contribution < -0.4 is 5.73 Å². The minimum absolute atomic E-state index is 0.147. The fourth-order valence-electron chi connectivity index (χ4n) is 5.48. The first-order valence-corrected chi connectivity index (χ1v) is 13.5. The number of aromatic amines is 2. The molecule has 8 nitrogen and oxygen atoms in total. The molecule has 0 fully saturated rings. The molecule has 2 amide bonds. The first-order valence-electron chi connectivity index (χ1n) is 13.5. The Labute approximate surface area is 239 Å². The second kappa shape index (κ2) is 9.00. The highest BCUT2D eigenvalue weighted by Crippen LogP contribution is 2.33. The van der Waals surface area contributed by atoms with Crippen molar-refractivity contribution in [2.24, 2.45) is 5.73 Å². The summed E-state index contributed by atoms with van der Waals surface area (Å²) in [4.78, 5) is 41.4. The topological polar surface area (TPSA) is 121 Å². The molecule has 3 aliphatic rings.